The number of nitro benzene ring substituents is 1. The summed E-state index contributed by atoms with van der Waals surface area (Å²) in [6.45, 7) is 1.95. The van der Waals surface area contributed by atoms with Crippen molar-refractivity contribution in [2.24, 2.45) is 4.99 Å². The Labute approximate surface area is 160 Å². The van der Waals surface area contributed by atoms with Gasteiger partial charge in [0.1, 0.15) is 5.69 Å². The molecule has 1 saturated heterocycles. The molecule has 7 nitrogen and oxygen atoms in total. The van der Waals surface area contributed by atoms with Gasteiger partial charge in [-0.25, -0.2) is 4.99 Å². The van der Waals surface area contributed by atoms with Crippen LogP contribution in [-0.2, 0) is 4.79 Å². The number of amides is 1. The van der Waals surface area contributed by atoms with Crippen LogP contribution in [0, 0.1) is 17.0 Å². The second-order valence-corrected chi connectivity index (χ2v) is 7.20. The van der Waals surface area contributed by atoms with Crippen molar-refractivity contribution in [3.05, 3.63) is 68.6 Å². The van der Waals surface area contributed by atoms with Gasteiger partial charge in [-0.05, 0) is 48.0 Å². The van der Waals surface area contributed by atoms with Crippen LogP contribution in [0.5, 0.6) is 0 Å². The van der Waals surface area contributed by atoms with Crippen LogP contribution in [0.15, 0.2) is 52.4 Å². The van der Waals surface area contributed by atoms with Gasteiger partial charge in [-0.1, -0.05) is 24.3 Å². The molecule has 1 aliphatic rings. The van der Waals surface area contributed by atoms with Crippen molar-refractivity contribution in [2.75, 3.05) is 19.0 Å². The molecular formula is C19H18N4O3S. The number of hydrogen-bond donors (Lipinski definition) is 1. The van der Waals surface area contributed by atoms with E-state index in [-0.39, 0.29) is 11.6 Å². The van der Waals surface area contributed by atoms with Crippen LogP contribution in [0.2, 0.25) is 0 Å². The summed E-state index contributed by atoms with van der Waals surface area (Å²) >= 11 is 1.21. The minimum Gasteiger partial charge on any atom is -0.372 e. The smallest absolute Gasteiger partial charge is 0.293 e. The molecule has 3 rings (SSSR count). The lowest BCUT2D eigenvalue weighted by Gasteiger charge is -2.12. The number of nitro groups is 1. The van der Waals surface area contributed by atoms with Crippen molar-refractivity contribution in [1.29, 1.82) is 0 Å². The standard InChI is InChI=1S/C19H18N4O3S/c1-12-6-4-5-7-14(12)20-19-21-18(24)17(27-19)11-13-8-9-15(22(2)3)16(10-13)23(25)26/h4-11H,1-3H3,(H,20,21,24)/b17-11-. The molecule has 8 heteroatoms. The molecule has 2 aromatic rings. The normalized spacial score (nSPS) is 16.6. The Kier molecular flexibility index (Phi) is 5.27. The Morgan fingerprint density at radius 1 is 1.22 bits per heavy atom. The Morgan fingerprint density at radius 3 is 2.63 bits per heavy atom. The van der Waals surface area contributed by atoms with Crippen molar-refractivity contribution < 1.29 is 9.72 Å². The molecule has 0 bridgehead atoms. The third-order valence-electron chi connectivity index (χ3n) is 3.96. The third-order valence-corrected chi connectivity index (χ3v) is 4.87. The molecule has 1 amide bonds. The van der Waals surface area contributed by atoms with E-state index in [0.29, 0.717) is 21.3 Å². The van der Waals surface area contributed by atoms with Gasteiger partial charge in [0.05, 0.1) is 15.5 Å². The van der Waals surface area contributed by atoms with Crippen LogP contribution in [0.1, 0.15) is 11.1 Å². The first-order chi connectivity index (χ1) is 12.8. The van der Waals surface area contributed by atoms with E-state index in [2.05, 4.69) is 10.3 Å². The van der Waals surface area contributed by atoms with E-state index in [4.69, 9.17) is 0 Å². The number of nitrogens with one attached hydrogen (secondary N) is 1. The summed E-state index contributed by atoms with van der Waals surface area (Å²) in [5, 5.41) is 14.5. The minimum atomic E-state index is -0.426. The lowest BCUT2D eigenvalue weighted by molar-refractivity contribution is -0.384. The van der Waals surface area contributed by atoms with Crippen molar-refractivity contribution in [3.63, 3.8) is 0 Å². The molecule has 27 heavy (non-hydrogen) atoms. The molecule has 1 heterocycles. The highest BCUT2D eigenvalue weighted by Crippen LogP contribution is 2.32. The first-order valence-corrected chi connectivity index (χ1v) is 8.98. The van der Waals surface area contributed by atoms with Gasteiger partial charge in [-0.15, -0.1) is 0 Å². The second-order valence-electron chi connectivity index (χ2n) is 6.17. The molecule has 0 spiro atoms. The topological polar surface area (TPSA) is 87.8 Å². The Bertz CT molecular complexity index is 983. The lowest BCUT2D eigenvalue weighted by Crippen LogP contribution is -2.19. The highest BCUT2D eigenvalue weighted by Gasteiger charge is 2.24. The number of aliphatic imine (C=N–C) groups is 1. The summed E-state index contributed by atoms with van der Waals surface area (Å²) < 4.78 is 0. The van der Waals surface area contributed by atoms with Gasteiger partial charge in [-0.3, -0.25) is 14.9 Å². The van der Waals surface area contributed by atoms with E-state index < -0.39 is 4.92 Å². The van der Waals surface area contributed by atoms with E-state index in [1.807, 2.05) is 31.2 Å². The zero-order valence-electron chi connectivity index (χ0n) is 15.1. The highest BCUT2D eigenvalue weighted by molar-refractivity contribution is 8.18. The molecule has 1 fully saturated rings. The molecule has 0 aromatic heterocycles. The first kappa shape index (κ1) is 18.7. The number of aryl methyl sites for hydroxylation is 1. The fraction of sp³-hybridized carbons (Fsp3) is 0.158. The Morgan fingerprint density at radius 2 is 1.96 bits per heavy atom. The summed E-state index contributed by atoms with van der Waals surface area (Å²) in [6.07, 6.45) is 1.63. The minimum absolute atomic E-state index is 0.00782. The van der Waals surface area contributed by atoms with Gasteiger partial charge < -0.3 is 10.2 Å². The number of carbonyl (C=O) groups is 1. The number of thioether (sulfide) groups is 1. The molecule has 1 N–H and O–H groups in total. The van der Waals surface area contributed by atoms with E-state index in [1.54, 1.807) is 37.2 Å². The fourth-order valence-corrected chi connectivity index (χ4v) is 3.42. The monoisotopic (exact) mass is 382 g/mol. The maximum Gasteiger partial charge on any atom is 0.293 e. The first-order valence-electron chi connectivity index (χ1n) is 8.16. The van der Waals surface area contributed by atoms with Crippen LogP contribution in [0.25, 0.3) is 6.08 Å². The highest BCUT2D eigenvalue weighted by atomic mass is 32.2. The van der Waals surface area contributed by atoms with E-state index in [9.17, 15) is 14.9 Å². The van der Waals surface area contributed by atoms with E-state index >= 15 is 0 Å². The van der Waals surface area contributed by atoms with Gasteiger partial charge in [0.25, 0.3) is 11.6 Å². The maximum atomic E-state index is 12.2. The molecule has 0 saturated carbocycles. The number of para-hydroxylation sites is 1. The number of hydrogen-bond acceptors (Lipinski definition) is 6. The molecule has 0 aliphatic carbocycles. The molecule has 1 aliphatic heterocycles. The Balaban J connectivity index is 1.90. The maximum absolute atomic E-state index is 12.2. The van der Waals surface area contributed by atoms with Gasteiger partial charge in [0, 0.05) is 20.2 Å². The fourth-order valence-electron chi connectivity index (χ4n) is 2.58. The zero-order chi connectivity index (χ0) is 19.6. The second kappa shape index (κ2) is 7.63. The Hall–Kier alpha value is -3.13. The molecule has 138 valence electrons. The molecule has 0 radical (unpaired) electrons. The van der Waals surface area contributed by atoms with Gasteiger partial charge >= 0.3 is 0 Å². The predicted molar refractivity (Wildman–Crippen MR) is 109 cm³/mol. The van der Waals surface area contributed by atoms with Gasteiger partial charge in [0.2, 0.25) is 0 Å². The van der Waals surface area contributed by atoms with Gasteiger partial charge in [0.15, 0.2) is 5.17 Å². The van der Waals surface area contributed by atoms with Crippen molar-refractivity contribution in [3.8, 4) is 0 Å². The number of amidine groups is 1. The van der Waals surface area contributed by atoms with E-state index in [0.717, 1.165) is 11.3 Å². The summed E-state index contributed by atoms with van der Waals surface area (Å²) in [6, 6.07) is 12.5. The number of benzene rings is 2. The zero-order valence-corrected chi connectivity index (χ0v) is 15.9. The summed E-state index contributed by atoms with van der Waals surface area (Å²) in [7, 11) is 3.49. The van der Waals surface area contributed by atoms with Gasteiger partial charge in [-0.2, -0.15) is 0 Å². The molecule has 0 unspecified atom stereocenters. The SMILES string of the molecule is Cc1ccccc1N=C1NC(=O)/C(=C/c2ccc(N(C)C)c([N+](=O)[O-])c2)S1. The van der Waals surface area contributed by atoms with Crippen molar-refractivity contribution >= 4 is 46.0 Å². The summed E-state index contributed by atoms with van der Waals surface area (Å²) in [4.78, 5) is 29.7. The average molecular weight is 382 g/mol. The predicted octanol–water partition coefficient (Wildman–Crippen LogP) is 3.86. The average Bonchev–Trinajstić information content (AvgIpc) is 2.96. The summed E-state index contributed by atoms with van der Waals surface area (Å²) in [5.74, 6) is -0.272. The molecular weight excluding hydrogens is 364 g/mol. The number of nitrogens with zero attached hydrogens (tertiary/aromatic N) is 3. The molecule has 2 aromatic carbocycles. The van der Waals surface area contributed by atoms with Crippen LogP contribution in [-0.4, -0.2) is 30.1 Å². The lowest BCUT2D eigenvalue weighted by atomic mass is 10.1. The number of rotatable bonds is 4. The third kappa shape index (κ3) is 4.17. The van der Waals surface area contributed by atoms with Crippen LogP contribution in [0.3, 0.4) is 0 Å². The summed E-state index contributed by atoms with van der Waals surface area (Å²) in [5.41, 5.74) is 2.88. The number of anilines is 1. The van der Waals surface area contributed by atoms with Crippen LogP contribution >= 0.6 is 11.8 Å². The van der Waals surface area contributed by atoms with E-state index in [1.165, 1.54) is 17.8 Å². The molecule has 0 atom stereocenters. The number of carbonyl (C=O) groups excluding carboxylic acids is 1. The van der Waals surface area contributed by atoms with Crippen LogP contribution in [0.4, 0.5) is 17.1 Å². The van der Waals surface area contributed by atoms with Crippen LogP contribution < -0.4 is 10.2 Å². The largest absolute Gasteiger partial charge is 0.372 e. The van der Waals surface area contributed by atoms with Crippen molar-refractivity contribution in [2.45, 2.75) is 6.92 Å². The van der Waals surface area contributed by atoms with Crippen molar-refractivity contribution in [1.82, 2.24) is 5.32 Å². The quantitative estimate of drug-likeness (QED) is 0.493.